The fourth-order valence-corrected chi connectivity index (χ4v) is 1.42. The number of nitriles is 1. The second kappa shape index (κ2) is 5.61. The number of ether oxygens (including phenoxy) is 1. The summed E-state index contributed by atoms with van der Waals surface area (Å²) < 4.78 is 10.0. The van der Waals surface area contributed by atoms with E-state index >= 15 is 0 Å². The second-order valence-corrected chi connectivity index (χ2v) is 4.21. The van der Waals surface area contributed by atoms with E-state index in [2.05, 4.69) is 30.1 Å². The minimum Gasteiger partial charge on any atom is -0.377 e. The van der Waals surface area contributed by atoms with Gasteiger partial charge in [-0.15, -0.1) is 0 Å². The number of nitrogens with zero attached hydrogens (tertiary/aromatic N) is 3. The van der Waals surface area contributed by atoms with Crippen molar-refractivity contribution in [1.29, 1.82) is 5.26 Å². The van der Waals surface area contributed by atoms with Crippen LogP contribution < -0.4 is 0 Å². The Balaban J connectivity index is 2.67. The molecule has 88 valence electrons. The predicted octanol–water partition coefficient (Wildman–Crippen LogP) is 2.09. The molecule has 5 nitrogen and oxygen atoms in total. The van der Waals surface area contributed by atoms with Crippen LogP contribution in [0.15, 0.2) is 4.52 Å². The minimum absolute atomic E-state index is 0.0916. The van der Waals surface area contributed by atoms with Crippen LogP contribution >= 0.6 is 0 Å². The number of methoxy groups -OCH3 is 1. The van der Waals surface area contributed by atoms with Gasteiger partial charge < -0.3 is 9.26 Å². The Hall–Kier alpha value is -1.41. The molecule has 1 rings (SSSR count). The van der Waals surface area contributed by atoms with Crippen LogP contribution in [0.2, 0.25) is 0 Å². The van der Waals surface area contributed by atoms with Gasteiger partial charge in [-0.2, -0.15) is 10.2 Å². The molecule has 0 fully saturated rings. The zero-order chi connectivity index (χ0) is 12.0. The van der Waals surface area contributed by atoms with E-state index in [1.54, 1.807) is 7.11 Å². The Morgan fingerprint density at radius 2 is 2.31 bits per heavy atom. The van der Waals surface area contributed by atoms with Crippen LogP contribution in [0.25, 0.3) is 0 Å². The molecule has 0 aliphatic heterocycles. The lowest BCUT2D eigenvalue weighted by Gasteiger charge is -2.22. The summed E-state index contributed by atoms with van der Waals surface area (Å²) in [5.41, 5.74) is -0.0916. The van der Waals surface area contributed by atoms with E-state index in [1.807, 2.05) is 0 Å². The van der Waals surface area contributed by atoms with Gasteiger partial charge >= 0.3 is 0 Å². The number of hydrogen-bond acceptors (Lipinski definition) is 5. The summed E-state index contributed by atoms with van der Waals surface area (Å²) in [5.74, 6) is 1.12. The largest absolute Gasteiger partial charge is 0.377 e. The molecule has 5 heteroatoms. The molecule has 0 aromatic carbocycles. The quantitative estimate of drug-likeness (QED) is 0.738. The van der Waals surface area contributed by atoms with Crippen molar-refractivity contribution in [2.45, 2.75) is 39.7 Å². The standard InChI is InChI=1S/C11H17N3O2/c1-4-11(2,5-6-12)7-10-13-9(8-15-3)14-16-10/h4-5,7-8H2,1-3H3. The van der Waals surface area contributed by atoms with E-state index in [0.717, 1.165) is 6.42 Å². The Bertz CT molecular complexity index is 370. The smallest absolute Gasteiger partial charge is 0.227 e. The average molecular weight is 223 g/mol. The minimum atomic E-state index is -0.0916. The van der Waals surface area contributed by atoms with E-state index in [9.17, 15) is 0 Å². The van der Waals surface area contributed by atoms with Crippen LogP contribution in [0.5, 0.6) is 0 Å². The van der Waals surface area contributed by atoms with Gasteiger partial charge in [0, 0.05) is 20.0 Å². The monoisotopic (exact) mass is 223 g/mol. The number of rotatable bonds is 6. The second-order valence-electron chi connectivity index (χ2n) is 4.21. The molecule has 1 heterocycles. The van der Waals surface area contributed by atoms with Crippen molar-refractivity contribution in [2.24, 2.45) is 5.41 Å². The molecular formula is C11H17N3O2. The van der Waals surface area contributed by atoms with Crippen molar-refractivity contribution in [3.63, 3.8) is 0 Å². The Kier molecular flexibility index (Phi) is 4.44. The van der Waals surface area contributed by atoms with Gasteiger partial charge in [-0.1, -0.05) is 19.0 Å². The molecular weight excluding hydrogens is 206 g/mol. The van der Waals surface area contributed by atoms with Crippen molar-refractivity contribution < 1.29 is 9.26 Å². The molecule has 16 heavy (non-hydrogen) atoms. The zero-order valence-corrected chi connectivity index (χ0v) is 9.99. The van der Waals surface area contributed by atoms with Crippen molar-refractivity contribution in [2.75, 3.05) is 7.11 Å². The highest BCUT2D eigenvalue weighted by molar-refractivity contribution is 4.94. The first kappa shape index (κ1) is 12.7. The topological polar surface area (TPSA) is 71.9 Å². The SMILES string of the molecule is CCC(C)(CC#N)Cc1nc(COC)no1. The van der Waals surface area contributed by atoms with Crippen LogP contribution in [-0.4, -0.2) is 17.3 Å². The van der Waals surface area contributed by atoms with Gasteiger partial charge in [-0.05, 0) is 11.8 Å². The third-order valence-corrected chi connectivity index (χ3v) is 2.72. The lowest BCUT2D eigenvalue weighted by atomic mass is 9.81. The summed E-state index contributed by atoms with van der Waals surface area (Å²) >= 11 is 0. The molecule has 0 aliphatic rings. The molecule has 0 radical (unpaired) electrons. The molecule has 1 atom stereocenters. The molecule has 1 aromatic heterocycles. The summed E-state index contributed by atoms with van der Waals surface area (Å²) in [6.07, 6.45) is 2.03. The first-order chi connectivity index (χ1) is 7.63. The number of aromatic nitrogens is 2. The highest BCUT2D eigenvalue weighted by atomic mass is 16.5. The molecule has 0 amide bonds. The molecule has 0 N–H and O–H groups in total. The van der Waals surface area contributed by atoms with Gasteiger partial charge in [0.1, 0.15) is 6.61 Å². The summed E-state index contributed by atoms with van der Waals surface area (Å²) in [6.45, 7) is 4.46. The lowest BCUT2D eigenvalue weighted by molar-refractivity contribution is 0.174. The predicted molar refractivity (Wildman–Crippen MR) is 57.3 cm³/mol. The highest BCUT2D eigenvalue weighted by Crippen LogP contribution is 2.29. The van der Waals surface area contributed by atoms with Crippen molar-refractivity contribution in [3.05, 3.63) is 11.7 Å². The van der Waals surface area contributed by atoms with Crippen LogP contribution in [-0.2, 0) is 17.8 Å². The maximum atomic E-state index is 8.76. The molecule has 1 aromatic rings. The summed E-state index contributed by atoms with van der Waals surface area (Å²) in [5, 5.41) is 12.6. The van der Waals surface area contributed by atoms with Gasteiger partial charge in [0.25, 0.3) is 0 Å². The third kappa shape index (κ3) is 3.31. The molecule has 0 aliphatic carbocycles. The normalized spacial score (nSPS) is 14.4. The summed E-state index contributed by atoms with van der Waals surface area (Å²) in [6, 6.07) is 2.20. The Morgan fingerprint density at radius 3 is 2.88 bits per heavy atom. The summed E-state index contributed by atoms with van der Waals surface area (Å²) in [7, 11) is 1.59. The van der Waals surface area contributed by atoms with E-state index < -0.39 is 0 Å². The molecule has 0 saturated carbocycles. The van der Waals surface area contributed by atoms with E-state index in [0.29, 0.717) is 31.2 Å². The van der Waals surface area contributed by atoms with Gasteiger partial charge in [0.15, 0.2) is 5.82 Å². The Morgan fingerprint density at radius 1 is 1.56 bits per heavy atom. The van der Waals surface area contributed by atoms with Crippen molar-refractivity contribution in [1.82, 2.24) is 10.1 Å². The van der Waals surface area contributed by atoms with Gasteiger partial charge in [0.2, 0.25) is 5.89 Å². The third-order valence-electron chi connectivity index (χ3n) is 2.72. The molecule has 1 unspecified atom stereocenters. The average Bonchev–Trinajstić information content (AvgIpc) is 2.66. The summed E-state index contributed by atoms with van der Waals surface area (Å²) in [4.78, 5) is 4.20. The first-order valence-electron chi connectivity index (χ1n) is 5.31. The fraction of sp³-hybridized carbons (Fsp3) is 0.727. The maximum absolute atomic E-state index is 8.76. The van der Waals surface area contributed by atoms with E-state index in [-0.39, 0.29) is 5.41 Å². The molecule has 0 spiro atoms. The highest BCUT2D eigenvalue weighted by Gasteiger charge is 2.25. The first-order valence-corrected chi connectivity index (χ1v) is 5.31. The van der Waals surface area contributed by atoms with Crippen LogP contribution in [0.3, 0.4) is 0 Å². The number of hydrogen-bond donors (Lipinski definition) is 0. The van der Waals surface area contributed by atoms with Crippen LogP contribution in [0, 0.1) is 16.7 Å². The van der Waals surface area contributed by atoms with Crippen LogP contribution in [0.4, 0.5) is 0 Å². The van der Waals surface area contributed by atoms with Gasteiger partial charge in [-0.3, -0.25) is 0 Å². The van der Waals surface area contributed by atoms with Gasteiger partial charge in [0.05, 0.1) is 6.07 Å². The van der Waals surface area contributed by atoms with Crippen LogP contribution in [0.1, 0.15) is 38.4 Å². The lowest BCUT2D eigenvalue weighted by Crippen LogP contribution is -2.18. The Labute approximate surface area is 95.4 Å². The zero-order valence-electron chi connectivity index (χ0n) is 9.99. The van der Waals surface area contributed by atoms with Gasteiger partial charge in [-0.25, -0.2) is 0 Å². The van der Waals surface area contributed by atoms with E-state index in [1.165, 1.54) is 0 Å². The molecule has 0 bridgehead atoms. The fourth-order valence-electron chi connectivity index (χ4n) is 1.42. The van der Waals surface area contributed by atoms with Crippen molar-refractivity contribution >= 4 is 0 Å². The molecule has 0 saturated heterocycles. The van der Waals surface area contributed by atoms with Crippen molar-refractivity contribution in [3.8, 4) is 6.07 Å². The maximum Gasteiger partial charge on any atom is 0.227 e. The van der Waals surface area contributed by atoms with E-state index in [4.69, 9.17) is 14.5 Å².